The first-order valence-corrected chi connectivity index (χ1v) is 8.38. The molecule has 0 aliphatic carbocycles. The van der Waals surface area contributed by atoms with Crippen molar-refractivity contribution in [2.45, 2.75) is 26.3 Å². The zero-order valence-corrected chi connectivity index (χ0v) is 13.9. The number of hydrogen-bond acceptors (Lipinski definition) is 6. The van der Waals surface area contributed by atoms with Crippen molar-refractivity contribution in [1.29, 1.82) is 0 Å². The summed E-state index contributed by atoms with van der Waals surface area (Å²) in [4.78, 5) is 27.4. The van der Waals surface area contributed by atoms with Gasteiger partial charge in [-0.05, 0) is 44.5 Å². The summed E-state index contributed by atoms with van der Waals surface area (Å²) in [7, 11) is 0. The van der Waals surface area contributed by atoms with Crippen LogP contribution in [0.25, 0.3) is 11.5 Å². The van der Waals surface area contributed by atoms with E-state index in [1.807, 2.05) is 31.2 Å². The van der Waals surface area contributed by atoms with Gasteiger partial charge in [0.25, 0.3) is 0 Å². The largest absolute Gasteiger partial charge is 0.466 e. The summed E-state index contributed by atoms with van der Waals surface area (Å²) in [6, 6.07) is 7.61. The van der Waals surface area contributed by atoms with Gasteiger partial charge in [0.15, 0.2) is 5.82 Å². The Hall–Kier alpha value is -2.34. The molecule has 6 nitrogen and oxygen atoms in total. The van der Waals surface area contributed by atoms with Gasteiger partial charge in [0.05, 0.1) is 18.2 Å². The van der Waals surface area contributed by atoms with Crippen LogP contribution in [0.4, 0.5) is 0 Å². The Kier molecular flexibility index (Phi) is 5.48. The lowest BCUT2D eigenvalue weighted by Crippen LogP contribution is -2.39. The zero-order chi connectivity index (χ0) is 16.8. The maximum atomic E-state index is 12.0. The molecule has 3 rings (SSSR count). The van der Waals surface area contributed by atoms with Crippen LogP contribution in [-0.2, 0) is 16.1 Å². The van der Waals surface area contributed by atoms with E-state index in [1.165, 1.54) is 0 Å². The van der Waals surface area contributed by atoms with E-state index in [-0.39, 0.29) is 11.9 Å². The summed E-state index contributed by atoms with van der Waals surface area (Å²) >= 11 is 0. The number of carbonyl (C=O) groups excluding carboxylic acids is 1. The lowest BCUT2D eigenvalue weighted by Gasteiger charge is -2.31. The molecule has 0 aromatic carbocycles. The fourth-order valence-electron chi connectivity index (χ4n) is 2.98. The fraction of sp³-hybridized carbons (Fsp3) is 0.444. The molecule has 0 N–H and O–H groups in total. The fourth-order valence-corrected chi connectivity index (χ4v) is 2.98. The number of likely N-dealkylation sites (tertiary alicyclic amines) is 1. The van der Waals surface area contributed by atoms with Crippen molar-refractivity contribution >= 4 is 5.97 Å². The first-order chi connectivity index (χ1) is 11.8. The van der Waals surface area contributed by atoms with Crippen molar-refractivity contribution in [3.63, 3.8) is 0 Å². The van der Waals surface area contributed by atoms with Crippen molar-refractivity contribution in [1.82, 2.24) is 19.9 Å². The number of hydrogen-bond donors (Lipinski definition) is 0. The third-order valence-electron chi connectivity index (χ3n) is 4.12. The van der Waals surface area contributed by atoms with Gasteiger partial charge < -0.3 is 4.74 Å². The number of pyridine rings is 1. The predicted octanol–water partition coefficient (Wildman–Crippen LogP) is 2.31. The van der Waals surface area contributed by atoms with Crippen molar-refractivity contribution in [2.75, 3.05) is 19.7 Å². The minimum absolute atomic E-state index is 0.0317. The van der Waals surface area contributed by atoms with Gasteiger partial charge in [-0.1, -0.05) is 6.07 Å². The van der Waals surface area contributed by atoms with Crippen molar-refractivity contribution < 1.29 is 9.53 Å². The molecule has 0 amide bonds. The number of piperidine rings is 1. The van der Waals surface area contributed by atoms with Crippen LogP contribution in [0.3, 0.4) is 0 Å². The van der Waals surface area contributed by atoms with Crippen molar-refractivity contribution in [2.24, 2.45) is 5.92 Å². The second kappa shape index (κ2) is 7.97. The molecule has 3 heterocycles. The van der Waals surface area contributed by atoms with Crippen LogP contribution in [-0.4, -0.2) is 45.5 Å². The number of aromatic nitrogens is 3. The first kappa shape index (κ1) is 16.5. The standard InChI is InChI=1S/C18H22N4O2/c1-2-24-18(23)14-6-5-11-22(12-14)13-15-8-10-20-17(21-15)16-7-3-4-9-19-16/h3-4,7-10,14H,2,5-6,11-13H2,1H3. The molecule has 126 valence electrons. The molecule has 1 fully saturated rings. The van der Waals surface area contributed by atoms with E-state index in [2.05, 4.69) is 19.9 Å². The molecule has 0 radical (unpaired) electrons. The zero-order valence-electron chi connectivity index (χ0n) is 13.9. The lowest BCUT2D eigenvalue weighted by molar-refractivity contribution is -0.150. The quantitative estimate of drug-likeness (QED) is 0.786. The Labute approximate surface area is 141 Å². The molecule has 1 atom stereocenters. The Balaban J connectivity index is 1.66. The van der Waals surface area contributed by atoms with Crippen molar-refractivity contribution in [3.8, 4) is 11.5 Å². The highest BCUT2D eigenvalue weighted by atomic mass is 16.5. The van der Waals surface area contributed by atoms with Gasteiger partial charge in [0, 0.05) is 25.5 Å². The van der Waals surface area contributed by atoms with E-state index in [4.69, 9.17) is 4.74 Å². The Bertz CT molecular complexity index is 678. The highest BCUT2D eigenvalue weighted by Gasteiger charge is 2.27. The predicted molar refractivity (Wildman–Crippen MR) is 89.9 cm³/mol. The summed E-state index contributed by atoms with van der Waals surface area (Å²) in [5.74, 6) is 0.516. The summed E-state index contributed by atoms with van der Waals surface area (Å²) in [6.45, 7) is 4.69. The van der Waals surface area contributed by atoms with Gasteiger partial charge in [-0.25, -0.2) is 9.97 Å². The minimum Gasteiger partial charge on any atom is -0.466 e. The molecule has 6 heteroatoms. The topological polar surface area (TPSA) is 68.2 Å². The molecule has 2 aromatic heterocycles. The molecule has 2 aromatic rings. The number of esters is 1. The summed E-state index contributed by atoms with van der Waals surface area (Å²) in [6.07, 6.45) is 5.40. The molecular formula is C18H22N4O2. The second-order valence-electron chi connectivity index (χ2n) is 5.91. The van der Waals surface area contributed by atoms with Crippen molar-refractivity contribution in [3.05, 3.63) is 42.4 Å². The average molecular weight is 326 g/mol. The molecule has 1 aliphatic rings. The maximum Gasteiger partial charge on any atom is 0.310 e. The van der Waals surface area contributed by atoms with E-state index in [0.29, 0.717) is 19.0 Å². The number of carbonyl (C=O) groups is 1. The van der Waals surface area contributed by atoms with Crippen LogP contribution in [0.15, 0.2) is 36.7 Å². The maximum absolute atomic E-state index is 12.0. The monoisotopic (exact) mass is 326 g/mol. The van der Waals surface area contributed by atoms with E-state index < -0.39 is 0 Å². The normalized spacial score (nSPS) is 18.3. The van der Waals surface area contributed by atoms with Gasteiger partial charge >= 0.3 is 5.97 Å². The van der Waals surface area contributed by atoms with E-state index in [9.17, 15) is 4.79 Å². The molecule has 1 aliphatic heterocycles. The summed E-state index contributed by atoms with van der Waals surface area (Å²) in [5.41, 5.74) is 1.71. The van der Waals surface area contributed by atoms with Crippen LogP contribution in [0.1, 0.15) is 25.5 Å². The smallest absolute Gasteiger partial charge is 0.310 e. The molecule has 0 saturated carbocycles. The summed E-state index contributed by atoms with van der Waals surface area (Å²) in [5, 5.41) is 0. The van der Waals surface area contributed by atoms with Crippen LogP contribution in [0.2, 0.25) is 0 Å². The van der Waals surface area contributed by atoms with Crippen LogP contribution in [0.5, 0.6) is 0 Å². The van der Waals surface area contributed by atoms with Crippen LogP contribution >= 0.6 is 0 Å². The summed E-state index contributed by atoms with van der Waals surface area (Å²) < 4.78 is 5.16. The van der Waals surface area contributed by atoms with E-state index >= 15 is 0 Å². The third kappa shape index (κ3) is 4.14. The molecule has 0 bridgehead atoms. The van der Waals surface area contributed by atoms with Crippen LogP contribution in [0, 0.1) is 5.92 Å². The number of ether oxygens (including phenoxy) is 1. The molecule has 1 saturated heterocycles. The number of nitrogens with zero attached hydrogens (tertiary/aromatic N) is 4. The minimum atomic E-state index is -0.0842. The Morgan fingerprint density at radius 3 is 3.00 bits per heavy atom. The molecular weight excluding hydrogens is 304 g/mol. The van der Waals surface area contributed by atoms with Gasteiger partial charge in [-0.3, -0.25) is 14.7 Å². The molecule has 1 unspecified atom stereocenters. The van der Waals surface area contributed by atoms with Gasteiger partial charge in [-0.15, -0.1) is 0 Å². The van der Waals surface area contributed by atoms with E-state index in [1.54, 1.807) is 12.4 Å². The first-order valence-electron chi connectivity index (χ1n) is 8.38. The molecule has 0 spiro atoms. The lowest BCUT2D eigenvalue weighted by atomic mass is 9.98. The van der Waals surface area contributed by atoms with Gasteiger partial charge in [0.2, 0.25) is 0 Å². The van der Waals surface area contributed by atoms with E-state index in [0.717, 1.165) is 37.3 Å². The highest BCUT2D eigenvalue weighted by molar-refractivity contribution is 5.72. The Morgan fingerprint density at radius 1 is 1.29 bits per heavy atom. The number of rotatable bonds is 5. The van der Waals surface area contributed by atoms with Crippen LogP contribution < -0.4 is 0 Å². The Morgan fingerprint density at radius 2 is 2.21 bits per heavy atom. The average Bonchev–Trinajstić information content (AvgIpc) is 2.63. The van der Waals surface area contributed by atoms with Gasteiger partial charge in [-0.2, -0.15) is 0 Å². The third-order valence-corrected chi connectivity index (χ3v) is 4.12. The molecule has 24 heavy (non-hydrogen) atoms. The highest BCUT2D eigenvalue weighted by Crippen LogP contribution is 2.20. The van der Waals surface area contributed by atoms with Gasteiger partial charge in [0.1, 0.15) is 5.69 Å². The SMILES string of the molecule is CCOC(=O)C1CCCN(Cc2ccnc(-c3ccccn3)n2)C1. The second-order valence-corrected chi connectivity index (χ2v) is 5.91.